The second-order valence-corrected chi connectivity index (χ2v) is 8.29. The van der Waals surface area contributed by atoms with E-state index in [1.54, 1.807) is 0 Å². The van der Waals surface area contributed by atoms with Crippen molar-refractivity contribution in [2.75, 3.05) is 32.6 Å². The van der Waals surface area contributed by atoms with E-state index >= 15 is 0 Å². The first-order valence-electron chi connectivity index (χ1n) is 4.53. The first-order chi connectivity index (χ1) is 6.67. The molecule has 1 aliphatic rings. The number of nitrogens with zero attached hydrogens (tertiary/aromatic N) is 2. The normalized spacial score (nSPS) is 26.3. The van der Waals surface area contributed by atoms with Crippen LogP contribution in [-0.4, -0.2) is 64.1 Å². The van der Waals surface area contributed by atoms with Crippen LogP contribution in [0.2, 0.25) is 0 Å². The van der Waals surface area contributed by atoms with Crippen LogP contribution in [0, 0.1) is 0 Å². The molecular formula is C7H16N2O4S2. The van der Waals surface area contributed by atoms with Crippen LogP contribution in [0.15, 0.2) is 0 Å². The molecule has 1 heterocycles. The lowest BCUT2D eigenvalue weighted by molar-refractivity contribution is 0.362. The van der Waals surface area contributed by atoms with E-state index in [2.05, 4.69) is 0 Å². The minimum absolute atomic E-state index is 0.0728. The number of rotatable bonds is 3. The molecule has 1 rings (SSSR count). The summed E-state index contributed by atoms with van der Waals surface area (Å²) in [5.41, 5.74) is 0. The van der Waals surface area contributed by atoms with E-state index in [4.69, 9.17) is 0 Å². The van der Waals surface area contributed by atoms with Crippen LogP contribution in [0.1, 0.15) is 6.42 Å². The Morgan fingerprint density at radius 1 is 1.20 bits per heavy atom. The summed E-state index contributed by atoms with van der Waals surface area (Å²) in [5.74, 6) is 0.00151. The molecule has 0 radical (unpaired) electrons. The minimum Gasteiger partial charge on any atom is -0.229 e. The van der Waals surface area contributed by atoms with Crippen molar-refractivity contribution >= 4 is 20.0 Å². The van der Waals surface area contributed by atoms with Crippen LogP contribution in [0.5, 0.6) is 0 Å². The van der Waals surface area contributed by atoms with Crippen molar-refractivity contribution in [1.82, 2.24) is 8.61 Å². The number of sulfone groups is 1. The van der Waals surface area contributed by atoms with Crippen LogP contribution in [0.3, 0.4) is 0 Å². The third-order valence-corrected chi connectivity index (χ3v) is 6.25. The van der Waals surface area contributed by atoms with Crippen LogP contribution >= 0.6 is 0 Å². The molecule has 1 aliphatic heterocycles. The van der Waals surface area contributed by atoms with E-state index in [1.165, 1.54) is 21.1 Å². The van der Waals surface area contributed by atoms with Gasteiger partial charge in [-0.2, -0.15) is 17.0 Å². The molecule has 0 aliphatic carbocycles. The summed E-state index contributed by atoms with van der Waals surface area (Å²) in [7, 11) is -2.29. The van der Waals surface area contributed by atoms with Crippen LogP contribution in [0.25, 0.3) is 0 Å². The van der Waals surface area contributed by atoms with E-state index in [9.17, 15) is 16.8 Å². The maximum absolute atomic E-state index is 11.7. The Morgan fingerprint density at radius 2 is 1.73 bits per heavy atom. The fraction of sp³-hybridized carbons (Fsp3) is 1.00. The van der Waals surface area contributed by atoms with E-state index in [0.29, 0.717) is 6.42 Å². The summed E-state index contributed by atoms with van der Waals surface area (Å²) < 4.78 is 48.0. The molecule has 8 heteroatoms. The van der Waals surface area contributed by atoms with Crippen molar-refractivity contribution in [3.05, 3.63) is 0 Å². The third-order valence-electron chi connectivity index (χ3n) is 2.55. The second kappa shape index (κ2) is 4.00. The highest BCUT2D eigenvalue weighted by molar-refractivity contribution is 7.91. The Labute approximate surface area is 91.0 Å². The van der Waals surface area contributed by atoms with Crippen LogP contribution < -0.4 is 0 Å². The lowest BCUT2D eigenvalue weighted by atomic mass is 10.3. The van der Waals surface area contributed by atoms with E-state index < -0.39 is 26.1 Å². The van der Waals surface area contributed by atoms with Crippen LogP contribution in [0.4, 0.5) is 0 Å². The Kier molecular flexibility index (Phi) is 3.44. The second-order valence-electron chi connectivity index (χ2n) is 3.86. The van der Waals surface area contributed by atoms with Gasteiger partial charge < -0.3 is 0 Å². The van der Waals surface area contributed by atoms with Gasteiger partial charge in [-0.1, -0.05) is 0 Å². The molecule has 1 unspecified atom stereocenters. The van der Waals surface area contributed by atoms with Crippen molar-refractivity contribution < 1.29 is 16.8 Å². The molecular weight excluding hydrogens is 240 g/mol. The van der Waals surface area contributed by atoms with E-state index in [-0.39, 0.29) is 11.5 Å². The maximum Gasteiger partial charge on any atom is 0.281 e. The molecule has 0 bridgehead atoms. The number of hydrogen-bond acceptors (Lipinski definition) is 4. The van der Waals surface area contributed by atoms with Crippen molar-refractivity contribution in [2.24, 2.45) is 0 Å². The molecule has 15 heavy (non-hydrogen) atoms. The predicted molar refractivity (Wildman–Crippen MR) is 57.4 cm³/mol. The summed E-state index contributed by atoms with van der Waals surface area (Å²) in [6, 6.07) is -0.428. The SMILES string of the molecule is CN(C)S(=O)(=O)N(C)C1CCS(=O)(=O)C1. The average Bonchev–Trinajstić information content (AvgIpc) is 2.44. The molecule has 90 valence electrons. The summed E-state index contributed by atoms with van der Waals surface area (Å²) in [6.07, 6.45) is 0.381. The molecule has 1 atom stereocenters. The number of hydrogen-bond donors (Lipinski definition) is 0. The fourth-order valence-electron chi connectivity index (χ4n) is 1.51. The van der Waals surface area contributed by atoms with Gasteiger partial charge in [-0.05, 0) is 6.42 Å². The van der Waals surface area contributed by atoms with Gasteiger partial charge in [0.1, 0.15) is 0 Å². The Morgan fingerprint density at radius 3 is 2.07 bits per heavy atom. The Bertz CT molecular complexity index is 426. The molecule has 0 amide bonds. The zero-order chi connectivity index (χ0) is 11.9. The highest BCUT2D eigenvalue weighted by atomic mass is 32.2. The smallest absolute Gasteiger partial charge is 0.229 e. The quantitative estimate of drug-likeness (QED) is 0.643. The molecule has 1 fully saturated rings. The molecule has 0 N–H and O–H groups in total. The first kappa shape index (κ1) is 12.9. The maximum atomic E-state index is 11.7. The molecule has 0 aromatic rings. The van der Waals surface area contributed by atoms with Gasteiger partial charge in [0.15, 0.2) is 9.84 Å². The van der Waals surface area contributed by atoms with Gasteiger partial charge >= 0.3 is 0 Å². The Hall–Kier alpha value is -0.180. The van der Waals surface area contributed by atoms with Gasteiger partial charge in [0.2, 0.25) is 0 Å². The lowest BCUT2D eigenvalue weighted by Crippen LogP contribution is -2.44. The molecule has 0 saturated carbocycles. The monoisotopic (exact) mass is 256 g/mol. The molecule has 6 nitrogen and oxygen atoms in total. The largest absolute Gasteiger partial charge is 0.281 e. The molecule has 1 saturated heterocycles. The van der Waals surface area contributed by atoms with Gasteiger partial charge in [0, 0.05) is 27.2 Å². The van der Waals surface area contributed by atoms with Gasteiger partial charge in [-0.15, -0.1) is 0 Å². The summed E-state index contributed by atoms with van der Waals surface area (Å²) in [4.78, 5) is 0. The Balaban J connectivity index is 2.85. The lowest BCUT2D eigenvalue weighted by Gasteiger charge is -2.25. The van der Waals surface area contributed by atoms with Gasteiger partial charge in [-0.3, -0.25) is 0 Å². The summed E-state index contributed by atoms with van der Waals surface area (Å²) in [5, 5.41) is 0. The van der Waals surface area contributed by atoms with Crippen molar-refractivity contribution in [3.63, 3.8) is 0 Å². The standard InChI is InChI=1S/C7H16N2O4S2/c1-8(2)15(12,13)9(3)7-4-5-14(10,11)6-7/h7H,4-6H2,1-3H3. The summed E-state index contributed by atoms with van der Waals surface area (Å²) >= 11 is 0. The molecule has 0 spiro atoms. The van der Waals surface area contributed by atoms with Gasteiger partial charge in [-0.25, -0.2) is 8.42 Å². The average molecular weight is 256 g/mol. The van der Waals surface area contributed by atoms with E-state index in [0.717, 1.165) is 8.61 Å². The first-order valence-corrected chi connectivity index (χ1v) is 7.74. The van der Waals surface area contributed by atoms with E-state index in [1.807, 2.05) is 0 Å². The van der Waals surface area contributed by atoms with Gasteiger partial charge in [0.25, 0.3) is 10.2 Å². The fourth-order valence-corrected chi connectivity index (χ4v) is 4.45. The van der Waals surface area contributed by atoms with Gasteiger partial charge in [0.05, 0.1) is 11.5 Å². The van der Waals surface area contributed by atoms with Crippen LogP contribution in [-0.2, 0) is 20.0 Å². The van der Waals surface area contributed by atoms with Crippen molar-refractivity contribution in [3.8, 4) is 0 Å². The highest BCUT2D eigenvalue weighted by Gasteiger charge is 2.36. The zero-order valence-electron chi connectivity index (χ0n) is 9.04. The summed E-state index contributed by atoms with van der Waals surface area (Å²) in [6.45, 7) is 0. The van der Waals surface area contributed by atoms with Crippen molar-refractivity contribution in [2.45, 2.75) is 12.5 Å². The molecule has 0 aromatic carbocycles. The predicted octanol–water partition coefficient (Wildman–Crippen LogP) is -1.09. The highest BCUT2D eigenvalue weighted by Crippen LogP contribution is 2.19. The zero-order valence-corrected chi connectivity index (χ0v) is 10.7. The third kappa shape index (κ3) is 2.68. The topological polar surface area (TPSA) is 74.8 Å². The molecule has 0 aromatic heterocycles. The van der Waals surface area contributed by atoms with Crippen molar-refractivity contribution in [1.29, 1.82) is 0 Å². The minimum atomic E-state index is -3.51.